The first kappa shape index (κ1) is 8.00. The summed E-state index contributed by atoms with van der Waals surface area (Å²) in [5, 5.41) is 0. The third kappa shape index (κ3) is 1.21. The Morgan fingerprint density at radius 3 is 3.36 bits per heavy atom. The largest absolute Gasteiger partial charge is 0.255 e. The maximum Gasteiger partial charge on any atom is 0.0897 e. The van der Waals surface area contributed by atoms with E-state index in [1.54, 1.807) is 6.20 Å². The van der Waals surface area contributed by atoms with E-state index in [0.717, 1.165) is 17.1 Å². The number of rotatable bonds is 0. The van der Waals surface area contributed by atoms with Gasteiger partial charge in [0.25, 0.3) is 0 Å². The molecule has 0 aromatic carbocycles. The van der Waals surface area contributed by atoms with Crippen LogP contribution in [0.1, 0.15) is 5.69 Å². The van der Waals surface area contributed by atoms with Gasteiger partial charge in [-0.05, 0) is 18.2 Å². The zero-order valence-corrected chi connectivity index (χ0v) is 8.29. The molecule has 2 nitrogen and oxygen atoms in total. The van der Waals surface area contributed by atoms with E-state index in [0.29, 0.717) is 0 Å². The van der Waals surface area contributed by atoms with E-state index in [-0.39, 0.29) is 0 Å². The van der Waals surface area contributed by atoms with E-state index < -0.39 is 0 Å². The lowest BCUT2D eigenvalue weighted by molar-refractivity contribution is 1.28. The van der Waals surface area contributed by atoms with E-state index in [1.807, 2.05) is 30.1 Å². The van der Waals surface area contributed by atoms with Crippen LogP contribution in [-0.2, 0) is 0 Å². The molecule has 3 rings (SSSR count). The highest BCUT2D eigenvalue weighted by Crippen LogP contribution is 2.35. The summed E-state index contributed by atoms with van der Waals surface area (Å²) in [6, 6.07) is 3.90. The van der Waals surface area contributed by atoms with Crippen LogP contribution in [0.2, 0.25) is 0 Å². The van der Waals surface area contributed by atoms with Crippen molar-refractivity contribution < 1.29 is 0 Å². The van der Waals surface area contributed by atoms with Gasteiger partial charge in [0.15, 0.2) is 0 Å². The van der Waals surface area contributed by atoms with Gasteiger partial charge in [-0.3, -0.25) is 9.98 Å². The summed E-state index contributed by atoms with van der Waals surface area (Å²) in [6.07, 6.45) is 8.05. The fraction of sp³-hybridized carbons (Fsp3) is 0.0909. The number of allylic oxidation sites excluding steroid dienone is 1. The normalized spacial score (nSPS) is 18.0. The Labute approximate surface area is 86.5 Å². The molecular formula is C11H8N2S. The van der Waals surface area contributed by atoms with E-state index in [4.69, 9.17) is 0 Å². The molecule has 0 spiro atoms. The average Bonchev–Trinajstić information content (AvgIpc) is 2.58. The lowest BCUT2D eigenvalue weighted by Gasteiger charge is -1.97. The quantitative estimate of drug-likeness (QED) is 0.643. The van der Waals surface area contributed by atoms with E-state index in [9.17, 15) is 0 Å². The molecule has 0 amide bonds. The molecule has 0 saturated carbocycles. The van der Waals surface area contributed by atoms with Crippen LogP contribution in [0.15, 0.2) is 39.9 Å². The van der Waals surface area contributed by atoms with Crippen LogP contribution in [0.3, 0.4) is 0 Å². The minimum absolute atomic E-state index is 0.955. The number of pyridine rings is 1. The van der Waals surface area contributed by atoms with Gasteiger partial charge in [0.05, 0.1) is 11.4 Å². The number of thioether (sulfide) groups is 1. The van der Waals surface area contributed by atoms with E-state index in [1.165, 1.54) is 10.5 Å². The summed E-state index contributed by atoms with van der Waals surface area (Å²) in [6.45, 7) is 0. The third-order valence-electron chi connectivity index (χ3n) is 2.25. The van der Waals surface area contributed by atoms with Crippen LogP contribution < -0.4 is 0 Å². The lowest BCUT2D eigenvalue weighted by Crippen LogP contribution is -1.79. The Bertz CT molecular complexity index is 472. The van der Waals surface area contributed by atoms with Crippen LogP contribution in [0.25, 0.3) is 6.08 Å². The number of aromatic nitrogens is 1. The molecule has 0 saturated heterocycles. The third-order valence-corrected chi connectivity index (χ3v) is 3.25. The van der Waals surface area contributed by atoms with Crippen molar-refractivity contribution in [2.24, 2.45) is 4.99 Å². The van der Waals surface area contributed by atoms with Crippen molar-refractivity contribution in [3.63, 3.8) is 0 Å². The van der Waals surface area contributed by atoms with Gasteiger partial charge in [0, 0.05) is 28.6 Å². The molecule has 68 valence electrons. The highest BCUT2D eigenvalue weighted by Gasteiger charge is 2.14. The first-order valence-corrected chi connectivity index (χ1v) is 5.46. The predicted octanol–water partition coefficient (Wildman–Crippen LogP) is 2.81. The monoisotopic (exact) mass is 200 g/mol. The topological polar surface area (TPSA) is 25.2 Å². The Morgan fingerprint density at radius 2 is 2.36 bits per heavy atom. The molecule has 14 heavy (non-hydrogen) atoms. The van der Waals surface area contributed by atoms with Crippen molar-refractivity contribution in [2.75, 3.05) is 5.75 Å². The Kier molecular flexibility index (Phi) is 1.77. The van der Waals surface area contributed by atoms with E-state index >= 15 is 0 Å². The molecule has 0 bridgehead atoms. The zero-order chi connectivity index (χ0) is 9.38. The molecule has 0 unspecified atom stereocenters. The van der Waals surface area contributed by atoms with Crippen molar-refractivity contribution >= 4 is 29.7 Å². The summed E-state index contributed by atoms with van der Waals surface area (Å²) in [4.78, 5) is 10.0. The first-order chi connectivity index (χ1) is 6.93. The highest BCUT2D eigenvalue weighted by molar-refractivity contribution is 8.04. The van der Waals surface area contributed by atoms with Crippen LogP contribution in [0.4, 0.5) is 5.69 Å². The standard InChI is InChI=1S/C11H8N2S/c1-2-9-10(12-4-1)6-11-8(7-13-9)3-5-14-11/h1-4,6-7H,5H2. The van der Waals surface area contributed by atoms with Crippen LogP contribution in [0, 0.1) is 0 Å². The van der Waals surface area contributed by atoms with Gasteiger partial charge >= 0.3 is 0 Å². The molecule has 0 atom stereocenters. The molecule has 2 aliphatic rings. The van der Waals surface area contributed by atoms with Crippen molar-refractivity contribution in [3.8, 4) is 0 Å². The first-order valence-electron chi connectivity index (χ1n) is 4.47. The Hall–Kier alpha value is -1.35. The second-order valence-electron chi connectivity index (χ2n) is 3.15. The maximum atomic E-state index is 4.41. The van der Waals surface area contributed by atoms with Crippen molar-refractivity contribution in [2.45, 2.75) is 0 Å². The number of fused-ring (bicyclic) bond motifs is 2. The van der Waals surface area contributed by atoms with Gasteiger partial charge in [-0.2, -0.15) is 0 Å². The second kappa shape index (κ2) is 3.10. The summed E-state index contributed by atoms with van der Waals surface area (Å²) in [5.41, 5.74) is 3.15. The van der Waals surface area contributed by atoms with Gasteiger partial charge in [-0.15, -0.1) is 11.8 Å². The summed E-state index contributed by atoms with van der Waals surface area (Å²) < 4.78 is 0. The molecule has 3 heteroatoms. The molecule has 2 aliphatic heterocycles. The van der Waals surface area contributed by atoms with Gasteiger partial charge in [-0.1, -0.05) is 6.08 Å². The van der Waals surface area contributed by atoms with Gasteiger partial charge in [0.2, 0.25) is 0 Å². The highest BCUT2D eigenvalue weighted by atomic mass is 32.2. The Morgan fingerprint density at radius 1 is 1.36 bits per heavy atom. The maximum absolute atomic E-state index is 4.41. The molecule has 0 fully saturated rings. The molecular weight excluding hydrogens is 192 g/mol. The van der Waals surface area contributed by atoms with Crippen LogP contribution in [0.5, 0.6) is 0 Å². The van der Waals surface area contributed by atoms with Crippen molar-refractivity contribution in [3.05, 3.63) is 40.6 Å². The SMILES string of the molecule is C1=Nc2cccnc2C=C2SCC=C12. The fourth-order valence-corrected chi connectivity index (χ4v) is 2.48. The molecule has 0 N–H and O–H groups in total. The number of nitrogens with zero attached hydrogens (tertiary/aromatic N) is 2. The number of hydrogen-bond donors (Lipinski definition) is 0. The lowest BCUT2D eigenvalue weighted by atomic mass is 10.2. The predicted molar refractivity (Wildman–Crippen MR) is 60.9 cm³/mol. The molecule has 0 aliphatic carbocycles. The van der Waals surface area contributed by atoms with Crippen molar-refractivity contribution in [1.29, 1.82) is 0 Å². The summed E-state index contributed by atoms with van der Waals surface area (Å²) in [5.74, 6) is 1.05. The molecule has 0 radical (unpaired) electrons. The molecule has 1 aromatic rings. The van der Waals surface area contributed by atoms with Crippen LogP contribution >= 0.6 is 11.8 Å². The second-order valence-corrected chi connectivity index (χ2v) is 4.21. The Balaban J connectivity index is 2.22. The smallest absolute Gasteiger partial charge is 0.0897 e. The van der Waals surface area contributed by atoms with Gasteiger partial charge in [-0.25, -0.2) is 0 Å². The number of aliphatic imine (C=N–C) groups is 1. The average molecular weight is 200 g/mol. The molecule has 3 heterocycles. The fourth-order valence-electron chi connectivity index (χ4n) is 1.54. The van der Waals surface area contributed by atoms with E-state index in [2.05, 4.69) is 22.1 Å². The minimum Gasteiger partial charge on any atom is -0.255 e. The summed E-state index contributed by atoms with van der Waals surface area (Å²) >= 11 is 1.84. The van der Waals surface area contributed by atoms with Crippen LogP contribution in [-0.4, -0.2) is 17.0 Å². The summed E-state index contributed by atoms with van der Waals surface area (Å²) in [7, 11) is 0. The zero-order valence-electron chi connectivity index (χ0n) is 7.47. The minimum atomic E-state index is 0.955. The van der Waals surface area contributed by atoms with Gasteiger partial charge in [0.1, 0.15) is 0 Å². The van der Waals surface area contributed by atoms with Crippen molar-refractivity contribution in [1.82, 2.24) is 4.98 Å². The van der Waals surface area contributed by atoms with Gasteiger partial charge < -0.3 is 0 Å². The molecule has 1 aromatic heterocycles. The number of hydrogen-bond acceptors (Lipinski definition) is 3.